The highest BCUT2D eigenvalue weighted by molar-refractivity contribution is 7.91. The van der Waals surface area contributed by atoms with Crippen LogP contribution in [-0.2, 0) is 9.84 Å². The maximum atomic E-state index is 12.0. The molecule has 0 aliphatic carbocycles. The van der Waals surface area contributed by atoms with Crippen LogP contribution in [0.5, 0.6) is 0 Å². The Labute approximate surface area is 114 Å². The van der Waals surface area contributed by atoms with E-state index in [0.717, 1.165) is 11.1 Å². The van der Waals surface area contributed by atoms with Crippen molar-refractivity contribution in [2.75, 3.05) is 18.1 Å². The number of benzene rings is 1. The summed E-state index contributed by atoms with van der Waals surface area (Å²) in [4.78, 5) is 12.0. The number of Topliss-reactive ketones (excluding diaryl/α,β-unsaturated/α-hetero) is 1. The predicted octanol–water partition coefficient (Wildman–Crippen LogP) is 1.26. The minimum Gasteiger partial charge on any atom is -0.306 e. The van der Waals surface area contributed by atoms with Gasteiger partial charge in [-0.1, -0.05) is 12.1 Å². The van der Waals surface area contributed by atoms with E-state index in [9.17, 15) is 13.2 Å². The van der Waals surface area contributed by atoms with Gasteiger partial charge in [0.1, 0.15) is 0 Å². The molecule has 1 heterocycles. The normalized spacial score (nSPS) is 21.5. The standard InChI is InChI=1S/C14H19NO3S/c1-10-3-4-12(7-11(10)2)14(16)8-15-13-5-6-19(17,18)9-13/h3-4,7,13,15H,5-6,8-9H2,1-2H3/t13-/m1/s1. The summed E-state index contributed by atoms with van der Waals surface area (Å²) in [6, 6.07) is 5.55. The highest BCUT2D eigenvalue weighted by atomic mass is 32.2. The SMILES string of the molecule is Cc1ccc(C(=O)CN[C@@H]2CCS(=O)(=O)C2)cc1C. The average molecular weight is 281 g/mol. The van der Waals surface area contributed by atoms with Crippen LogP contribution in [0.25, 0.3) is 0 Å². The third-order valence-electron chi connectivity index (χ3n) is 3.61. The summed E-state index contributed by atoms with van der Waals surface area (Å²) in [5.41, 5.74) is 2.93. The molecule has 19 heavy (non-hydrogen) atoms. The van der Waals surface area contributed by atoms with Crippen LogP contribution in [0.3, 0.4) is 0 Å². The highest BCUT2D eigenvalue weighted by Gasteiger charge is 2.27. The molecular formula is C14H19NO3S. The van der Waals surface area contributed by atoms with Gasteiger partial charge in [-0.2, -0.15) is 0 Å². The Kier molecular flexibility index (Phi) is 4.06. The Hall–Kier alpha value is -1.20. The first-order valence-corrected chi connectivity index (χ1v) is 8.24. The van der Waals surface area contributed by atoms with Gasteiger partial charge in [0.15, 0.2) is 15.6 Å². The molecule has 104 valence electrons. The predicted molar refractivity (Wildman–Crippen MR) is 75.3 cm³/mol. The minimum absolute atomic E-state index is 0.00685. The van der Waals surface area contributed by atoms with E-state index in [1.807, 2.05) is 32.0 Å². The Morgan fingerprint density at radius 1 is 1.32 bits per heavy atom. The van der Waals surface area contributed by atoms with E-state index >= 15 is 0 Å². The van der Waals surface area contributed by atoms with Crippen molar-refractivity contribution in [2.24, 2.45) is 0 Å². The van der Waals surface area contributed by atoms with Crippen LogP contribution in [0.2, 0.25) is 0 Å². The minimum atomic E-state index is -2.89. The molecule has 1 saturated heterocycles. The van der Waals surface area contributed by atoms with E-state index in [1.165, 1.54) is 0 Å². The van der Waals surface area contributed by atoms with Crippen molar-refractivity contribution in [2.45, 2.75) is 26.3 Å². The van der Waals surface area contributed by atoms with Crippen LogP contribution in [0.1, 0.15) is 27.9 Å². The molecule has 1 aromatic rings. The lowest BCUT2D eigenvalue weighted by atomic mass is 10.0. The van der Waals surface area contributed by atoms with Gasteiger partial charge in [0, 0.05) is 11.6 Å². The Balaban J connectivity index is 1.93. The molecule has 0 aromatic heterocycles. The molecule has 1 aliphatic rings. The van der Waals surface area contributed by atoms with Crippen LogP contribution in [0.4, 0.5) is 0 Å². The van der Waals surface area contributed by atoms with Gasteiger partial charge < -0.3 is 5.32 Å². The van der Waals surface area contributed by atoms with Crippen molar-refractivity contribution in [3.05, 3.63) is 34.9 Å². The first kappa shape index (κ1) is 14.2. The molecule has 5 heteroatoms. The number of sulfone groups is 1. The molecule has 0 spiro atoms. The van der Waals surface area contributed by atoms with Gasteiger partial charge >= 0.3 is 0 Å². The summed E-state index contributed by atoms with van der Waals surface area (Å²) in [5.74, 6) is 0.378. The second-order valence-electron chi connectivity index (χ2n) is 5.20. The molecule has 4 nitrogen and oxygen atoms in total. The Morgan fingerprint density at radius 2 is 2.05 bits per heavy atom. The largest absolute Gasteiger partial charge is 0.306 e. The molecule has 1 aliphatic heterocycles. The molecule has 1 aromatic carbocycles. The number of hydrogen-bond acceptors (Lipinski definition) is 4. The second-order valence-corrected chi connectivity index (χ2v) is 7.43. The summed E-state index contributed by atoms with van der Waals surface area (Å²) in [7, 11) is -2.89. The third kappa shape index (κ3) is 3.64. The first-order chi connectivity index (χ1) is 8.87. The maximum Gasteiger partial charge on any atom is 0.176 e. The fraction of sp³-hybridized carbons (Fsp3) is 0.500. The Bertz CT molecular complexity index is 593. The number of nitrogens with one attached hydrogen (secondary N) is 1. The van der Waals surface area contributed by atoms with E-state index in [2.05, 4.69) is 5.32 Å². The molecule has 0 radical (unpaired) electrons. The van der Waals surface area contributed by atoms with Crippen molar-refractivity contribution < 1.29 is 13.2 Å². The quantitative estimate of drug-likeness (QED) is 0.844. The van der Waals surface area contributed by atoms with Crippen LogP contribution < -0.4 is 5.32 Å². The first-order valence-electron chi connectivity index (χ1n) is 6.42. The van der Waals surface area contributed by atoms with E-state index in [4.69, 9.17) is 0 Å². The molecule has 1 N–H and O–H groups in total. The van der Waals surface area contributed by atoms with Gasteiger partial charge in [-0.3, -0.25) is 4.79 Å². The van der Waals surface area contributed by atoms with Crippen molar-refractivity contribution in [1.82, 2.24) is 5.32 Å². The van der Waals surface area contributed by atoms with Crippen LogP contribution >= 0.6 is 0 Å². The summed E-state index contributed by atoms with van der Waals surface area (Å²) in [6.07, 6.45) is 0.600. The fourth-order valence-electron chi connectivity index (χ4n) is 2.21. The monoisotopic (exact) mass is 281 g/mol. The number of carbonyl (C=O) groups is 1. The second kappa shape index (κ2) is 5.43. The van der Waals surface area contributed by atoms with Gasteiger partial charge in [-0.25, -0.2) is 8.42 Å². The van der Waals surface area contributed by atoms with E-state index in [0.29, 0.717) is 12.0 Å². The lowest BCUT2D eigenvalue weighted by Crippen LogP contribution is -2.34. The smallest absolute Gasteiger partial charge is 0.176 e. The fourth-order valence-corrected chi connectivity index (χ4v) is 3.92. The van der Waals surface area contributed by atoms with Gasteiger partial charge in [0.05, 0.1) is 18.1 Å². The zero-order valence-corrected chi connectivity index (χ0v) is 12.1. The summed E-state index contributed by atoms with van der Waals surface area (Å²) >= 11 is 0. The van der Waals surface area contributed by atoms with E-state index in [-0.39, 0.29) is 29.9 Å². The van der Waals surface area contributed by atoms with Crippen molar-refractivity contribution >= 4 is 15.6 Å². The number of rotatable bonds is 4. The Morgan fingerprint density at radius 3 is 2.63 bits per heavy atom. The molecular weight excluding hydrogens is 262 g/mol. The third-order valence-corrected chi connectivity index (χ3v) is 5.38. The lowest BCUT2D eigenvalue weighted by molar-refractivity contribution is 0.0988. The van der Waals surface area contributed by atoms with Gasteiger partial charge in [0.25, 0.3) is 0 Å². The summed E-state index contributed by atoms with van der Waals surface area (Å²) in [5, 5.41) is 3.04. The molecule has 1 atom stereocenters. The zero-order valence-electron chi connectivity index (χ0n) is 11.3. The van der Waals surface area contributed by atoms with Crippen LogP contribution in [0.15, 0.2) is 18.2 Å². The van der Waals surface area contributed by atoms with Gasteiger partial charge in [-0.15, -0.1) is 0 Å². The zero-order chi connectivity index (χ0) is 14.0. The van der Waals surface area contributed by atoms with Crippen LogP contribution in [-0.4, -0.2) is 38.3 Å². The summed E-state index contributed by atoms with van der Waals surface area (Å²) < 4.78 is 22.6. The van der Waals surface area contributed by atoms with Crippen molar-refractivity contribution in [1.29, 1.82) is 0 Å². The number of hydrogen-bond donors (Lipinski definition) is 1. The maximum absolute atomic E-state index is 12.0. The summed E-state index contributed by atoms with van der Waals surface area (Å²) in [6.45, 7) is 4.18. The van der Waals surface area contributed by atoms with Gasteiger partial charge in [0.2, 0.25) is 0 Å². The average Bonchev–Trinajstić information content (AvgIpc) is 2.69. The lowest BCUT2D eigenvalue weighted by Gasteiger charge is -2.10. The molecule has 2 rings (SSSR count). The molecule has 0 amide bonds. The van der Waals surface area contributed by atoms with E-state index in [1.54, 1.807) is 0 Å². The number of ketones is 1. The molecule has 0 bridgehead atoms. The van der Waals surface area contributed by atoms with Crippen molar-refractivity contribution in [3.63, 3.8) is 0 Å². The molecule has 1 fully saturated rings. The van der Waals surface area contributed by atoms with E-state index < -0.39 is 9.84 Å². The highest BCUT2D eigenvalue weighted by Crippen LogP contribution is 2.12. The van der Waals surface area contributed by atoms with Crippen molar-refractivity contribution in [3.8, 4) is 0 Å². The molecule has 0 saturated carbocycles. The van der Waals surface area contributed by atoms with Gasteiger partial charge in [-0.05, 0) is 37.5 Å². The number of carbonyl (C=O) groups excluding carboxylic acids is 1. The molecule has 0 unspecified atom stereocenters. The number of aryl methyl sites for hydroxylation is 2. The topological polar surface area (TPSA) is 63.2 Å². The van der Waals surface area contributed by atoms with Crippen LogP contribution in [0, 0.1) is 13.8 Å².